The molecule has 7 heteroatoms. The summed E-state index contributed by atoms with van der Waals surface area (Å²) >= 11 is 6.09. The minimum atomic E-state index is -3.59. The summed E-state index contributed by atoms with van der Waals surface area (Å²) in [5, 5.41) is 3.32. The van der Waals surface area contributed by atoms with E-state index in [9.17, 15) is 13.2 Å². The first-order valence-electron chi connectivity index (χ1n) is 7.86. The van der Waals surface area contributed by atoms with Crippen LogP contribution in [0.2, 0.25) is 5.02 Å². The van der Waals surface area contributed by atoms with Crippen molar-refractivity contribution in [1.29, 1.82) is 0 Å². The van der Waals surface area contributed by atoms with Gasteiger partial charge in [0.1, 0.15) is 6.54 Å². The van der Waals surface area contributed by atoms with E-state index >= 15 is 0 Å². The zero-order chi connectivity index (χ0) is 16.6. The van der Waals surface area contributed by atoms with Crippen LogP contribution in [0.1, 0.15) is 25.7 Å². The molecule has 2 aliphatic rings. The maximum Gasteiger partial charge on any atom is 0.241 e. The quantitative estimate of drug-likeness (QED) is 0.881. The topological polar surface area (TPSA) is 66.5 Å². The molecule has 1 N–H and O–H groups in total. The van der Waals surface area contributed by atoms with Gasteiger partial charge in [-0.3, -0.25) is 9.10 Å². The molecule has 0 spiro atoms. The van der Waals surface area contributed by atoms with Gasteiger partial charge in [0, 0.05) is 6.04 Å². The Morgan fingerprint density at radius 3 is 2.61 bits per heavy atom. The summed E-state index contributed by atoms with van der Waals surface area (Å²) < 4.78 is 25.2. The largest absolute Gasteiger partial charge is 0.352 e. The van der Waals surface area contributed by atoms with Crippen LogP contribution in [0.25, 0.3) is 0 Å². The average Bonchev–Trinajstić information content (AvgIpc) is 3.07. The van der Waals surface area contributed by atoms with Gasteiger partial charge in [-0.1, -0.05) is 30.2 Å². The number of para-hydroxylation sites is 1. The van der Waals surface area contributed by atoms with Gasteiger partial charge in [-0.05, 0) is 43.2 Å². The molecule has 1 amide bonds. The Kier molecular flexibility index (Phi) is 4.56. The van der Waals surface area contributed by atoms with Gasteiger partial charge in [0.25, 0.3) is 0 Å². The Bertz CT molecular complexity index is 707. The first-order chi connectivity index (χ1) is 10.8. The minimum absolute atomic E-state index is 0.189. The lowest BCUT2D eigenvalue weighted by Crippen LogP contribution is -2.45. The highest BCUT2D eigenvalue weighted by atomic mass is 35.5. The van der Waals surface area contributed by atoms with E-state index in [4.69, 9.17) is 11.6 Å². The molecule has 0 aromatic heterocycles. The Hall–Kier alpha value is -1.27. The van der Waals surface area contributed by atoms with Gasteiger partial charge in [-0.2, -0.15) is 0 Å². The fourth-order valence-electron chi connectivity index (χ4n) is 3.84. The van der Waals surface area contributed by atoms with Gasteiger partial charge >= 0.3 is 0 Å². The molecule has 0 unspecified atom stereocenters. The van der Waals surface area contributed by atoms with Crippen LogP contribution in [0.4, 0.5) is 5.69 Å². The highest BCUT2D eigenvalue weighted by Gasteiger charge is 2.40. The van der Waals surface area contributed by atoms with E-state index in [1.807, 2.05) is 0 Å². The second-order valence-electron chi connectivity index (χ2n) is 6.57. The van der Waals surface area contributed by atoms with Crippen LogP contribution < -0.4 is 9.62 Å². The van der Waals surface area contributed by atoms with Crippen molar-refractivity contribution in [2.45, 2.75) is 31.7 Å². The number of nitrogens with one attached hydrogen (secondary N) is 1. The van der Waals surface area contributed by atoms with E-state index in [0.717, 1.165) is 29.3 Å². The predicted molar refractivity (Wildman–Crippen MR) is 91.0 cm³/mol. The van der Waals surface area contributed by atoms with Gasteiger partial charge in [0.15, 0.2) is 0 Å². The monoisotopic (exact) mass is 356 g/mol. The molecule has 2 fully saturated rings. The lowest BCUT2D eigenvalue weighted by molar-refractivity contribution is -0.120. The number of hydrogen-bond donors (Lipinski definition) is 1. The summed E-state index contributed by atoms with van der Waals surface area (Å²) in [6.07, 6.45) is 5.70. The van der Waals surface area contributed by atoms with Gasteiger partial charge < -0.3 is 5.32 Å². The van der Waals surface area contributed by atoms with Crippen molar-refractivity contribution >= 4 is 33.2 Å². The molecule has 0 saturated heterocycles. The van der Waals surface area contributed by atoms with Crippen molar-refractivity contribution in [3.63, 3.8) is 0 Å². The Morgan fingerprint density at radius 2 is 2.04 bits per heavy atom. The highest BCUT2D eigenvalue weighted by molar-refractivity contribution is 7.92. The van der Waals surface area contributed by atoms with Gasteiger partial charge in [-0.15, -0.1) is 0 Å². The smallest absolute Gasteiger partial charge is 0.241 e. The summed E-state index contributed by atoms with van der Waals surface area (Å²) in [7, 11) is -3.59. The Labute approximate surface area is 142 Å². The summed E-state index contributed by atoms with van der Waals surface area (Å²) in [6, 6.07) is 6.83. The van der Waals surface area contributed by atoms with Crippen LogP contribution in [-0.2, 0) is 14.8 Å². The average molecular weight is 357 g/mol. The van der Waals surface area contributed by atoms with E-state index in [-0.39, 0.29) is 18.5 Å². The number of hydrogen-bond acceptors (Lipinski definition) is 3. The highest BCUT2D eigenvalue weighted by Crippen LogP contribution is 2.44. The zero-order valence-electron chi connectivity index (χ0n) is 13.0. The first kappa shape index (κ1) is 16.6. The molecule has 126 valence electrons. The molecular weight excluding hydrogens is 336 g/mol. The Morgan fingerprint density at radius 1 is 1.30 bits per heavy atom. The second-order valence-corrected chi connectivity index (χ2v) is 8.88. The third-order valence-electron chi connectivity index (χ3n) is 4.89. The number of sulfonamides is 1. The van der Waals surface area contributed by atoms with E-state index in [1.54, 1.807) is 24.3 Å². The van der Waals surface area contributed by atoms with E-state index in [1.165, 1.54) is 12.8 Å². The number of anilines is 1. The number of amides is 1. The first-order valence-corrected chi connectivity index (χ1v) is 10.1. The maximum atomic E-state index is 12.4. The van der Waals surface area contributed by atoms with Crippen molar-refractivity contribution < 1.29 is 13.2 Å². The lowest BCUT2D eigenvalue weighted by Gasteiger charge is -2.26. The zero-order valence-corrected chi connectivity index (χ0v) is 14.6. The van der Waals surface area contributed by atoms with Crippen LogP contribution in [0.15, 0.2) is 24.3 Å². The fourth-order valence-corrected chi connectivity index (χ4v) is 5.00. The number of fused-ring (bicyclic) bond motifs is 2. The van der Waals surface area contributed by atoms with Crippen molar-refractivity contribution in [2.24, 2.45) is 11.8 Å². The number of rotatable bonds is 5. The standard InChI is InChI=1S/C16H21ClN2O3S/c1-23(21,22)19(15-5-3-2-4-13(15)17)10-16(20)18-14-9-11-6-7-12(14)8-11/h2-5,11-12,14H,6-10H2,1H3,(H,18,20)/t11-,12-,14+/m0/s1. The van der Waals surface area contributed by atoms with Crippen molar-refractivity contribution in [3.8, 4) is 0 Å². The van der Waals surface area contributed by atoms with Gasteiger partial charge in [0.2, 0.25) is 15.9 Å². The number of nitrogens with zero attached hydrogens (tertiary/aromatic N) is 1. The SMILES string of the molecule is CS(=O)(=O)N(CC(=O)N[C@@H]1C[C@H]2CC[C@H]1C2)c1ccccc1Cl. The molecule has 5 nitrogen and oxygen atoms in total. The van der Waals surface area contributed by atoms with Crippen LogP contribution in [0.3, 0.4) is 0 Å². The number of halogens is 1. The fraction of sp³-hybridized carbons (Fsp3) is 0.562. The van der Waals surface area contributed by atoms with Crippen LogP contribution >= 0.6 is 11.6 Å². The molecule has 23 heavy (non-hydrogen) atoms. The molecule has 3 atom stereocenters. The van der Waals surface area contributed by atoms with Crippen LogP contribution in [0.5, 0.6) is 0 Å². The third-order valence-corrected chi connectivity index (χ3v) is 6.34. The van der Waals surface area contributed by atoms with Crippen molar-refractivity contribution in [1.82, 2.24) is 5.32 Å². The van der Waals surface area contributed by atoms with Crippen LogP contribution in [-0.4, -0.2) is 33.2 Å². The van der Waals surface area contributed by atoms with Gasteiger partial charge in [0.05, 0.1) is 17.0 Å². The van der Waals surface area contributed by atoms with Crippen molar-refractivity contribution in [2.75, 3.05) is 17.1 Å². The molecule has 3 rings (SSSR count). The molecule has 2 bridgehead atoms. The summed E-state index contributed by atoms with van der Waals surface area (Å²) in [5.74, 6) is 1.00. The number of carbonyl (C=O) groups is 1. The van der Waals surface area contributed by atoms with E-state index in [0.29, 0.717) is 16.6 Å². The van der Waals surface area contributed by atoms with Crippen molar-refractivity contribution in [3.05, 3.63) is 29.3 Å². The molecule has 1 aromatic carbocycles. The minimum Gasteiger partial charge on any atom is -0.352 e. The summed E-state index contributed by atoms with van der Waals surface area (Å²) in [6.45, 7) is -0.240. The lowest BCUT2D eigenvalue weighted by atomic mass is 9.95. The normalized spacial score (nSPS) is 26.3. The predicted octanol–water partition coefficient (Wildman–Crippen LogP) is 2.41. The Balaban J connectivity index is 1.72. The molecule has 2 aliphatic carbocycles. The number of benzene rings is 1. The summed E-state index contributed by atoms with van der Waals surface area (Å²) in [5.41, 5.74) is 0.333. The molecule has 0 heterocycles. The second kappa shape index (κ2) is 6.32. The molecule has 2 saturated carbocycles. The molecule has 0 aliphatic heterocycles. The number of carbonyl (C=O) groups excluding carboxylic acids is 1. The molecular formula is C16H21ClN2O3S. The summed E-state index contributed by atoms with van der Waals surface area (Å²) in [4.78, 5) is 12.4. The maximum absolute atomic E-state index is 12.4. The van der Waals surface area contributed by atoms with Crippen LogP contribution in [0, 0.1) is 11.8 Å². The molecule has 0 radical (unpaired) electrons. The van der Waals surface area contributed by atoms with E-state index in [2.05, 4.69) is 5.32 Å². The third kappa shape index (κ3) is 3.63. The molecule has 1 aromatic rings. The van der Waals surface area contributed by atoms with Gasteiger partial charge in [-0.25, -0.2) is 8.42 Å². The van der Waals surface area contributed by atoms with E-state index < -0.39 is 10.0 Å².